The lowest BCUT2D eigenvalue weighted by Crippen LogP contribution is -2.52. The van der Waals surface area contributed by atoms with E-state index in [4.69, 9.17) is 0 Å². The van der Waals surface area contributed by atoms with Crippen LogP contribution in [0.4, 0.5) is 13.3 Å². The largest absolute Gasteiger partial charge is 0.390 e. The third-order valence-corrected chi connectivity index (χ3v) is 9.45. The first-order valence-electron chi connectivity index (χ1n) is 17.5. The molecular formula is C39H59F3N4O7S. The number of carbonyl (C=O) groups is 3. The number of aliphatic hydroxyl groups excluding tert-OH is 2. The van der Waals surface area contributed by atoms with Gasteiger partial charge in [0.1, 0.15) is 17.7 Å². The molecule has 54 heavy (non-hydrogen) atoms. The van der Waals surface area contributed by atoms with Crippen LogP contribution in [0, 0.1) is 24.5 Å². The van der Waals surface area contributed by atoms with E-state index in [2.05, 4.69) is 28.8 Å². The molecule has 4 unspecified atom stereocenters. The lowest BCUT2D eigenvalue weighted by Gasteiger charge is -2.26. The number of sulfone groups is 1. The molecule has 0 spiro atoms. The van der Waals surface area contributed by atoms with Crippen LogP contribution in [0.1, 0.15) is 71.4 Å². The fourth-order valence-electron chi connectivity index (χ4n) is 4.57. The van der Waals surface area contributed by atoms with E-state index >= 15 is 0 Å². The molecule has 0 bridgehead atoms. The molecule has 0 heterocycles. The molecule has 4 N–H and O–H groups in total. The topological polar surface area (TPSA) is 165 Å². The lowest BCUT2D eigenvalue weighted by molar-refractivity contribution is -0.158. The molecule has 11 nitrogen and oxygen atoms in total. The van der Waals surface area contributed by atoms with Gasteiger partial charge in [0.15, 0.2) is 9.84 Å². The van der Waals surface area contributed by atoms with Gasteiger partial charge in [-0.3, -0.25) is 19.4 Å². The van der Waals surface area contributed by atoms with Gasteiger partial charge in [0.05, 0.1) is 35.7 Å². The van der Waals surface area contributed by atoms with Crippen molar-refractivity contribution in [3.8, 4) is 0 Å². The smallest absolute Gasteiger partial charge is 0.256 e. The number of aryl methyl sites for hydroxylation is 1. The third kappa shape index (κ3) is 23.4. The first-order chi connectivity index (χ1) is 25.3. The van der Waals surface area contributed by atoms with E-state index < -0.39 is 75.0 Å². The molecule has 3 amide bonds. The van der Waals surface area contributed by atoms with E-state index in [0.29, 0.717) is 36.8 Å². The van der Waals surface area contributed by atoms with Crippen molar-refractivity contribution < 1.29 is 46.3 Å². The van der Waals surface area contributed by atoms with Crippen LogP contribution in [0.2, 0.25) is 0 Å². The molecule has 0 aliphatic carbocycles. The van der Waals surface area contributed by atoms with Crippen molar-refractivity contribution in [1.82, 2.24) is 15.8 Å². The van der Waals surface area contributed by atoms with Gasteiger partial charge in [-0.2, -0.15) is 5.12 Å². The van der Waals surface area contributed by atoms with Crippen LogP contribution < -0.4 is 10.6 Å². The summed E-state index contributed by atoms with van der Waals surface area (Å²) in [6.07, 6.45) is 2.26. The van der Waals surface area contributed by atoms with Crippen LogP contribution >= 0.6 is 0 Å². The Balaban J connectivity index is 0. The highest BCUT2D eigenvalue weighted by Crippen LogP contribution is 2.18. The Morgan fingerprint density at radius 1 is 1.02 bits per heavy atom. The summed E-state index contributed by atoms with van der Waals surface area (Å²) in [5.74, 6) is -4.93. The number of carbonyl (C=O) groups excluding carboxylic acids is 3. The van der Waals surface area contributed by atoms with Gasteiger partial charge in [-0.05, 0) is 56.9 Å². The van der Waals surface area contributed by atoms with Crippen LogP contribution in [0.15, 0.2) is 78.3 Å². The predicted octanol–water partition coefficient (Wildman–Crippen LogP) is 5.60. The van der Waals surface area contributed by atoms with E-state index in [9.17, 15) is 46.3 Å². The molecule has 4 atom stereocenters. The van der Waals surface area contributed by atoms with Gasteiger partial charge in [-0.15, -0.1) is 6.58 Å². The molecule has 304 valence electrons. The molecule has 0 saturated carbocycles. The summed E-state index contributed by atoms with van der Waals surface area (Å²) in [7, 11) is -2.00. The molecular weight excluding hydrogens is 726 g/mol. The van der Waals surface area contributed by atoms with Crippen molar-refractivity contribution in [2.75, 3.05) is 19.3 Å². The minimum Gasteiger partial charge on any atom is -0.390 e. The van der Waals surface area contributed by atoms with E-state index in [0.717, 1.165) is 6.07 Å². The maximum Gasteiger partial charge on any atom is 0.256 e. The Hall–Kier alpha value is -4.34. The summed E-state index contributed by atoms with van der Waals surface area (Å²) in [5.41, 5.74) is 2.30. The third-order valence-electron chi connectivity index (χ3n) is 7.16. The molecule has 0 saturated heterocycles. The summed E-state index contributed by atoms with van der Waals surface area (Å²) < 4.78 is 64.3. The zero-order valence-corrected chi connectivity index (χ0v) is 33.3. The van der Waals surface area contributed by atoms with Gasteiger partial charge in [0.2, 0.25) is 12.3 Å². The number of aliphatic hydroxyl groups is 2. The zero-order chi connectivity index (χ0) is 41.9. The number of aliphatic imine (C=N–C) groups is 1. The van der Waals surface area contributed by atoms with Crippen molar-refractivity contribution in [2.24, 2.45) is 10.9 Å². The fraction of sp³-hybridized carbons (Fsp3) is 0.487. The summed E-state index contributed by atoms with van der Waals surface area (Å²) in [6.45, 7) is 16.6. The maximum atomic E-state index is 14.3. The minimum absolute atomic E-state index is 0.0631. The van der Waals surface area contributed by atoms with E-state index in [1.165, 1.54) is 24.6 Å². The number of nitrogens with one attached hydrogen (secondary N) is 2. The number of nitrogens with zero attached hydrogens (tertiary/aromatic N) is 2. The van der Waals surface area contributed by atoms with Gasteiger partial charge >= 0.3 is 0 Å². The van der Waals surface area contributed by atoms with Gasteiger partial charge in [0, 0.05) is 25.9 Å². The first-order valence-corrected chi connectivity index (χ1v) is 19.2. The Morgan fingerprint density at radius 3 is 1.94 bits per heavy atom. The van der Waals surface area contributed by atoms with Crippen molar-refractivity contribution in [3.05, 3.63) is 96.1 Å². The molecule has 0 aromatic heterocycles. The van der Waals surface area contributed by atoms with Crippen LogP contribution in [0.3, 0.4) is 0 Å². The van der Waals surface area contributed by atoms with E-state index in [1.54, 1.807) is 56.6 Å². The molecule has 0 aliphatic heterocycles. The summed E-state index contributed by atoms with van der Waals surface area (Å²) in [5, 5.41) is 24.3. The molecule has 2 aromatic rings. The Bertz CT molecular complexity index is 1490. The van der Waals surface area contributed by atoms with Gasteiger partial charge in [0.25, 0.3) is 5.91 Å². The highest BCUT2D eigenvalue weighted by molar-refractivity contribution is 7.92. The monoisotopic (exact) mass is 784 g/mol. The second-order valence-corrected chi connectivity index (χ2v) is 14.9. The van der Waals surface area contributed by atoms with Crippen molar-refractivity contribution in [1.29, 1.82) is 0 Å². The Kier molecular flexibility index (Phi) is 27.9. The van der Waals surface area contributed by atoms with Gasteiger partial charge in [-0.25, -0.2) is 17.2 Å². The van der Waals surface area contributed by atoms with Crippen molar-refractivity contribution in [2.45, 2.75) is 97.3 Å². The fourth-order valence-corrected chi connectivity index (χ4v) is 6.74. The Labute approximate surface area is 319 Å². The van der Waals surface area contributed by atoms with Gasteiger partial charge < -0.3 is 20.8 Å². The summed E-state index contributed by atoms with van der Waals surface area (Å²) in [4.78, 5) is 39.5. The highest BCUT2D eigenvalue weighted by atomic mass is 32.2. The number of hydrogen-bond acceptors (Lipinski definition) is 8. The van der Waals surface area contributed by atoms with E-state index in [-0.39, 0.29) is 18.1 Å². The van der Waals surface area contributed by atoms with Crippen molar-refractivity contribution >= 4 is 34.3 Å². The second kappa shape index (κ2) is 29.1. The molecule has 15 heteroatoms. The lowest BCUT2D eigenvalue weighted by atomic mass is 9.98. The number of halogens is 3. The van der Waals surface area contributed by atoms with Gasteiger partial charge in [-0.1, -0.05) is 86.7 Å². The molecule has 0 aliphatic rings. The van der Waals surface area contributed by atoms with Crippen LogP contribution in [-0.2, 0) is 30.8 Å². The molecule has 2 rings (SSSR count). The van der Waals surface area contributed by atoms with Crippen LogP contribution in [0.25, 0.3) is 0 Å². The predicted molar refractivity (Wildman–Crippen MR) is 209 cm³/mol. The average Bonchev–Trinajstić information content (AvgIpc) is 3.09. The normalized spacial score (nSPS) is 12.9. The first kappa shape index (κ1) is 51.8. The standard InChI is InChI=1S/C24H38FN3O7S.C7H6F2.C4H7N.C4H8/c1-4-9-19(10-5-2)36(34,35)15-20(27-16-29)23(32)26-13-21(30)22(31)17(3)24(33)28(25)14-18-11-7-6-8-12-18;1-5-2-6(8)4-7(9)3-5;1-3-4-5-2;1-4(2)3/h6-8,11-12,16-17,19-22,30-31H,4-5,9-10,13-15H2,1-3H3,(H,26,32)(H,27,29);2-4H,1H3;3-4H,1H2,2H3;1H2,2-3H3. The molecule has 2 aromatic carbocycles. The zero-order valence-electron chi connectivity index (χ0n) is 32.5. The van der Waals surface area contributed by atoms with Crippen molar-refractivity contribution in [3.63, 3.8) is 0 Å². The SMILES string of the molecule is C=C(C)C.C=CC=NC.CCCC(CCC)S(=O)(=O)CC(NC=O)C(=O)NCC(O)C(O)C(C)C(=O)N(F)Cc1ccccc1.Cc1cc(F)cc(F)c1. The maximum absolute atomic E-state index is 14.3. The van der Waals surface area contributed by atoms with E-state index in [1.807, 2.05) is 27.7 Å². The number of allylic oxidation sites excluding steroid dienone is 2. The minimum atomic E-state index is -3.71. The Morgan fingerprint density at radius 2 is 1.54 bits per heavy atom. The van der Waals surface area contributed by atoms with Crippen LogP contribution in [-0.4, -0.2) is 91.0 Å². The highest BCUT2D eigenvalue weighted by Gasteiger charge is 2.34. The number of amides is 3. The summed E-state index contributed by atoms with van der Waals surface area (Å²) in [6, 6.07) is 10.4. The second-order valence-electron chi connectivity index (χ2n) is 12.6. The number of hydrogen-bond donors (Lipinski definition) is 4. The average molecular weight is 785 g/mol. The molecule has 0 radical (unpaired) electrons. The number of benzene rings is 2. The quantitative estimate of drug-likeness (QED) is 0.0662. The molecule has 0 fully saturated rings. The van der Waals surface area contributed by atoms with Crippen LogP contribution in [0.5, 0.6) is 0 Å². The summed E-state index contributed by atoms with van der Waals surface area (Å²) >= 11 is 0. The number of rotatable bonds is 18.